The average Bonchev–Trinajstić information content (AvgIpc) is 3.21. The molecule has 0 aliphatic rings. The molecule has 0 saturated carbocycles. The molecule has 0 aliphatic carbocycles. The summed E-state index contributed by atoms with van der Waals surface area (Å²) in [5.74, 6) is 0.534. The van der Waals surface area contributed by atoms with Crippen LogP contribution in [-0.4, -0.2) is 34.8 Å². The topological polar surface area (TPSA) is 120 Å². The molecule has 0 bridgehead atoms. The number of anilines is 1. The molecule has 3 N–H and O–H groups in total. The molecule has 11 heteroatoms. The highest BCUT2D eigenvalue weighted by Crippen LogP contribution is 2.25. The van der Waals surface area contributed by atoms with Gasteiger partial charge in [-0.2, -0.15) is 0 Å². The highest BCUT2D eigenvalue weighted by Gasteiger charge is 2.17. The lowest BCUT2D eigenvalue weighted by molar-refractivity contribution is -0.113. The molecule has 0 spiro atoms. The van der Waals surface area contributed by atoms with Gasteiger partial charge in [0.2, 0.25) is 15.9 Å². The van der Waals surface area contributed by atoms with Gasteiger partial charge in [0.25, 0.3) is 0 Å². The lowest BCUT2D eigenvalue weighted by Crippen LogP contribution is -2.15. The second-order valence-corrected chi connectivity index (χ2v) is 10.2. The molecule has 8 nitrogen and oxygen atoms in total. The number of thioether (sulfide) groups is 1. The van der Waals surface area contributed by atoms with Crippen LogP contribution in [0.2, 0.25) is 5.02 Å². The summed E-state index contributed by atoms with van der Waals surface area (Å²) in [6.07, 6.45) is 0.569. The Kier molecular flexibility index (Phi) is 7.32. The number of hydrogen-bond acceptors (Lipinski definition) is 6. The fourth-order valence-electron chi connectivity index (χ4n) is 3.19. The third-order valence-electron chi connectivity index (χ3n) is 4.79. The Hall–Kier alpha value is -3.18. The Morgan fingerprint density at radius 2 is 1.65 bits per heavy atom. The van der Waals surface area contributed by atoms with Crippen LogP contribution >= 0.6 is 23.4 Å². The minimum atomic E-state index is -3.79. The average molecular weight is 514 g/mol. The molecule has 1 aromatic heterocycles. The first-order valence-corrected chi connectivity index (χ1v) is 13.0. The summed E-state index contributed by atoms with van der Waals surface area (Å²) < 4.78 is 24.7. The number of primary sulfonamides is 1. The Morgan fingerprint density at radius 1 is 0.971 bits per heavy atom. The molecule has 4 aromatic rings. The number of halogens is 1. The zero-order valence-electron chi connectivity index (χ0n) is 17.8. The van der Waals surface area contributed by atoms with E-state index in [1.165, 1.54) is 36.0 Å². The first-order chi connectivity index (χ1) is 16.3. The van der Waals surface area contributed by atoms with Crippen LogP contribution in [0.1, 0.15) is 11.4 Å². The van der Waals surface area contributed by atoms with E-state index in [1.54, 1.807) is 12.1 Å². The number of carbonyl (C=O) groups excluding carboxylic acids is 1. The molecule has 34 heavy (non-hydrogen) atoms. The van der Waals surface area contributed by atoms with Crippen molar-refractivity contribution in [1.82, 2.24) is 14.8 Å². The third-order valence-corrected chi connectivity index (χ3v) is 6.90. The number of amides is 1. The van der Waals surface area contributed by atoms with E-state index in [-0.39, 0.29) is 16.6 Å². The molecule has 0 unspecified atom stereocenters. The fraction of sp³-hybridized carbons (Fsp3) is 0.0870. The maximum Gasteiger partial charge on any atom is 0.238 e. The molecule has 0 radical (unpaired) electrons. The smallest absolute Gasteiger partial charge is 0.238 e. The SMILES string of the molecule is NS(=O)(=O)c1ccc(NC(=O)CSc2nnc(Cc3ccccc3)n2-c2ccc(Cl)cc2)cc1. The van der Waals surface area contributed by atoms with Crippen LogP contribution in [0.4, 0.5) is 5.69 Å². The summed E-state index contributed by atoms with van der Waals surface area (Å²) in [6.45, 7) is 0. The predicted molar refractivity (Wildman–Crippen MR) is 133 cm³/mol. The summed E-state index contributed by atoms with van der Waals surface area (Å²) >= 11 is 7.30. The van der Waals surface area contributed by atoms with E-state index >= 15 is 0 Å². The maximum absolute atomic E-state index is 12.5. The van der Waals surface area contributed by atoms with Crippen LogP contribution < -0.4 is 10.5 Å². The van der Waals surface area contributed by atoms with Crippen molar-refractivity contribution in [3.8, 4) is 5.69 Å². The molecular weight excluding hydrogens is 494 g/mol. The monoisotopic (exact) mass is 513 g/mol. The van der Waals surface area contributed by atoms with Crippen molar-refractivity contribution in [3.05, 3.63) is 95.3 Å². The first-order valence-electron chi connectivity index (χ1n) is 10.1. The summed E-state index contributed by atoms with van der Waals surface area (Å²) in [6, 6.07) is 22.9. The van der Waals surface area contributed by atoms with Gasteiger partial charge in [-0.05, 0) is 54.1 Å². The van der Waals surface area contributed by atoms with Crippen molar-refractivity contribution in [1.29, 1.82) is 0 Å². The summed E-state index contributed by atoms with van der Waals surface area (Å²) in [7, 11) is -3.79. The molecule has 3 aromatic carbocycles. The summed E-state index contributed by atoms with van der Waals surface area (Å²) in [5, 5.41) is 17.7. The Morgan fingerprint density at radius 3 is 2.29 bits per heavy atom. The van der Waals surface area contributed by atoms with E-state index in [0.29, 0.717) is 22.3 Å². The maximum atomic E-state index is 12.5. The number of nitrogens with one attached hydrogen (secondary N) is 1. The van der Waals surface area contributed by atoms with Gasteiger partial charge >= 0.3 is 0 Å². The van der Waals surface area contributed by atoms with Crippen LogP contribution in [0, 0.1) is 0 Å². The number of nitrogens with two attached hydrogens (primary N) is 1. The Labute approximate surface area is 206 Å². The summed E-state index contributed by atoms with van der Waals surface area (Å²) in [4.78, 5) is 12.5. The number of carbonyl (C=O) groups is 1. The van der Waals surface area contributed by atoms with E-state index in [2.05, 4.69) is 15.5 Å². The van der Waals surface area contributed by atoms with Crippen molar-refractivity contribution < 1.29 is 13.2 Å². The number of aromatic nitrogens is 3. The minimum absolute atomic E-state index is 0.0260. The third kappa shape index (κ3) is 6.03. The molecule has 0 saturated heterocycles. The quantitative estimate of drug-likeness (QED) is 0.345. The van der Waals surface area contributed by atoms with Crippen LogP contribution in [0.3, 0.4) is 0 Å². The van der Waals surface area contributed by atoms with Gasteiger partial charge in [-0.25, -0.2) is 13.6 Å². The highest BCUT2D eigenvalue weighted by molar-refractivity contribution is 7.99. The molecule has 174 valence electrons. The second kappa shape index (κ2) is 10.4. The van der Waals surface area contributed by atoms with Gasteiger partial charge in [0.05, 0.1) is 10.6 Å². The highest BCUT2D eigenvalue weighted by atomic mass is 35.5. The number of sulfonamides is 1. The Bertz CT molecular complexity index is 1390. The van der Waals surface area contributed by atoms with Crippen molar-refractivity contribution >= 4 is 45.0 Å². The molecule has 1 heterocycles. The normalized spacial score (nSPS) is 11.4. The van der Waals surface area contributed by atoms with Crippen molar-refractivity contribution in [2.75, 3.05) is 11.1 Å². The van der Waals surface area contributed by atoms with E-state index in [1.807, 2.05) is 47.0 Å². The van der Waals surface area contributed by atoms with Crippen LogP contribution in [0.25, 0.3) is 5.69 Å². The van der Waals surface area contributed by atoms with Crippen LogP contribution in [0.5, 0.6) is 0 Å². The van der Waals surface area contributed by atoms with Gasteiger partial charge in [-0.1, -0.05) is 53.7 Å². The number of nitrogens with zero attached hydrogens (tertiary/aromatic N) is 3. The first kappa shape index (κ1) is 24.0. The molecule has 1 amide bonds. The Balaban J connectivity index is 1.51. The van der Waals surface area contributed by atoms with E-state index < -0.39 is 10.0 Å². The molecule has 4 rings (SSSR count). The standard InChI is InChI=1S/C23H20ClN5O3S2/c24-17-6-10-19(11-7-17)29-21(14-16-4-2-1-3-5-16)27-28-23(29)33-15-22(30)26-18-8-12-20(13-9-18)34(25,31)32/h1-13H,14-15H2,(H,26,30)(H2,25,31,32). The lowest BCUT2D eigenvalue weighted by atomic mass is 10.1. The number of benzene rings is 3. The predicted octanol–water partition coefficient (Wildman–Crippen LogP) is 3.89. The summed E-state index contributed by atoms with van der Waals surface area (Å²) in [5.41, 5.74) is 2.38. The molecular formula is C23H20ClN5O3S2. The van der Waals surface area contributed by atoms with Crippen molar-refractivity contribution in [2.24, 2.45) is 5.14 Å². The zero-order valence-corrected chi connectivity index (χ0v) is 20.1. The largest absolute Gasteiger partial charge is 0.325 e. The molecule has 0 fully saturated rings. The molecule has 0 atom stereocenters. The van der Waals surface area contributed by atoms with Gasteiger partial charge in [0, 0.05) is 22.8 Å². The van der Waals surface area contributed by atoms with Gasteiger partial charge in [-0.3, -0.25) is 9.36 Å². The lowest BCUT2D eigenvalue weighted by Gasteiger charge is -2.11. The van der Waals surface area contributed by atoms with Gasteiger partial charge in [0.1, 0.15) is 5.82 Å². The van der Waals surface area contributed by atoms with Crippen molar-refractivity contribution in [3.63, 3.8) is 0 Å². The van der Waals surface area contributed by atoms with Crippen LogP contribution in [0.15, 0.2) is 88.9 Å². The van der Waals surface area contributed by atoms with Gasteiger partial charge < -0.3 is 5.32 Å². The minimum Gasteiger partial charge on any atom is -0.325 e. The number of rotatable bonds is 8. The fourth-order valence-corrected chi connectivity index (χ4v) is 4.60. The van der Waals surface area contributed by atoms with E-state index in [0.717, 1.165) is 17.1 Å². The van der Waals surface area contributed by atoms with E-state index in [9.17, 15) is 13.2 Å². The van der Waals surface area contributed by atoms with Crippen molar-refractivity contribution in [2.45, 2.75) is 16.5 Å². The van der Waals surface area contributed by atoms with Gasteiger partial charge in [0.15, 0.2) is 5.16 Å². The second-order valence-electron chi connectivity index (χ2n) is 7.28. The number of hydrogen-bond donors (Lipinski definition) is 2. The van der Waals surface area contributed by atoms with Gasteiger partial charge in [-0.15, -0.1) is 10.2 Å². The zero-order chi connectivity index (χ0) is 24.1. The van der Waals surface area contributed by atoms with E-state index in [4.69, 9.17) is 16.7 Å². The van der Waals surface area contributed by atoms with Crippen LogP contribution in [-0.2, 0) is 21.2 Å². The molecule has 0 aliphatic heterocycles.